The zero-order valence-corrected chi connectivity index (χ0v) is 12.8. The molecule has 114 valence electrons. The maximum atomic E-state index is 12.6. The van der Waals surface area contributed by atoms with Crippen molar-refractivity contribution in [2.24, 2.45) is 0 Å². The SMILES string of the molecule is CC(CN1CCCCC1)N1CCCC(NC2CC2)C1=O. The number of likely N-dealkylation sites (tertiary alicyclic amines) is 2. The van der Waals surface area contributed by atoms with E-state index in [9.17, 15) is 4.79 Å². The highest BCUT2D eigenvalue weighted by Crippen LogP contribution is 2.23. The first-order valence-electron chi connectivity index (χ1n) is 8.53. The molecular weight excluding hydrogens is 250 g/mol. The highest BCUT2D eigenvalue weighted by Gasteiger charge is 2.35. The monoisotopic (exact) mass is 279 g/mol. The Balaban J connectivity index is 1.52. The summed E-state index contributed by atoms with van der Waals surface area (Å²) in [5.74, 6) is 0.354. The fraction of sp³-hybridized carbons (Fsp3) is 0.938. The molecule has 2 unspecified atom stereocenters. The van der Waals surface area contributed by atoms with Gasteiger partial charge in [0.05, 0.1) is 6.04 Å². The third kappa shape index (κ3) is 3.53. The second-order valence-electron chi connectivity index (χ2n) is 6.88. The van der Waals surface area contributed by atoms with Crippen molar-refractivity contribution in [1.29, 1.82) is 0 Å². The van der Waals surface area contributed by atoms with Gasteiger partial charge in [0.2, 0.25) is 5.91 Å². The number of nitrogens with zero attached hydrogens (tertiary/aromatic N) is 2. The lowest BCUT2D eigenvalue weighted by Gasteiger charge is -2.39. The van der Waals surface area contributed by atoms with Crippen LogP contribution in [0.1, 0.15) is 51.9 Å². The summed E-state index contributed by atoms with van der Waals surface area (Å²) >= 11 is 0. The second kappa shape index (κ2) is 6.44. The normalized spacial score (nSPS) is 30.6. The Hall–Kier alpha value is -0.610. The topological polar surface area (TPSA) is 35.6 Å². The predicted molar refractivity (Wildman–Crippen MR) is 80.6 cm³/mol. The number of carbonyl (C=O) groups excluding carboxylic acids is 1. The molecule has 1 amide bonds. The molecule has 3 aliphatic rings. The molecule has 1 N–H and O–H groups in total. The molecule has 2 aliphatic heterocycles. The highest BCUT2D eigenvalue weighted by atomic mass is 16.2. The summed E-state index contributed by atoms with van der Waals surface area (Å²) in [4.78, 5) is 17.3. The minimum atomic E-state index is 0.0973. The van der Waals surface area contributed by atoms with Gasteiger partial charge in [-0.25, -0.2) is 0 Å². The maximum absolute atomic E-state index is 12.6. The van der Waals surface area contributed by atoms with Crippen LogP contribution in [0.15, 0.2) is 0 Å². The Bertz CT molecular complexity index is 337. The molecule has 2 saturated heterocycles. The Labute approximate surface area is 122 Å². The molecule has 3 fully saturated rings. The Morgan fingerprint density at radius 3 is 2.55 bits per heavy atom. The minimum absolute atomic E-state index is 0.0973. The number of piperidine rings is 2. The smallest absolute Gasteiger partial charge is 0.239 e. The summed E-state index contributed by atoms with van der Waals surface area (Å²) in [7, 11) is 0. The third-order valence-corrected chi connectivity index (χ3v) is 4.99. The van der Waals surface area contributed by atoms with Crippen LogP contribution in [-0.2, 0) is 4.79 Å². The molecule has 1 aliphatic carbocycles. The lowest BCUT2D eigenvalue weighted by atomic mass is 10.0. The van der Waals surface area contributed by atoms with Crippen molar-refractivity contribution in [3.8, 4) is 0 Å². The fourth-order valence-corrected chi connectivity index (χ4v) is 3.64. The largest absolute Gasteiger partial charge is 0.337 e. The first kappa shape index (κ1) is 14.3. The van der Waals surface area contributed by atoms with Gasteiger partial charge in [0, 0.05) is 25.2 Å². The van der Waals surface area contributed by atoms with Crippen LogP contribution in [0, 0.1) is 0 Å². The van der Waals surface area contributed by atoms with Crippen LogP contribution in [-0.4, -0.2) is 60.0 Å². The van der Waals surface area contributed by atoms with Gasteiger partial charge >= 0.3 is 0 Å². The van der Waals surface area contributed by atoms with Crippen LogP contribution in [0.2, 0.25) is 0 Å². The molecular formula is C16H29N3O. The van der Waals surface area contributed by atoms with Crippen molar-refractivity contribution in [2.75, 3.05) is 26.2 Å². The van der Waals surface area contributed by atoms with Crippen LogP contribution in [0.3, 0.4) is 0 Å². The zero-order valence-electron chi connectivity index (χ0n) is 12.8. The van der Waals surface area contributed by atoms with E-state index in [0.29, 0.717) is 18.0 Å². The Morgan fingerprint density at radius 2 is 1.85 bits per heavy atom. The van der Waals surface area contributed by atoms with E-state index < -0.39 is 0 Å². The van der Waals surface area contributed by atoms with Crippen LogP contribution in [0.25, 0.3) is 0 Å². The summed E-state index contributed by atoms with van der Waals surface area (Å²) in [5, 5.41) is 3.53. The van der Waals surface area contributed by atoms with Gasteiger partial charge in [-0.2, -0.15) is 0 Å². The number of amides is 1. The van der Waals surface area contributed by atoms with E-state index >= 15 is 0 Å². The van der Waals surface area contributed by atoms with Crippen LogP contribution in [0.5, 0.6) is 0 Å². The van der Waals surface area contributed by atoms with Crippen LogP contribution < -0.4 is 5.32 Å². The third-order valence-electron chi connectivity index (χ3n) is 4.99. The lowest BCUT2D eigenvalue weighted by Crippen LogP contribution is -2.56. The summed E-state index contributed by atoms with van der Waals surface area (Å²) in [5.41, 5.74) is 0. The first-order valence-corrected chi connectivity index (χ1v) is 8.53. The van der Waals surface area contributed by atoms with Gasteiger partial charge in [-0.15, -0.1) is 0 Å². The van der Waals surface area contributed by atoms with E-state index in [1.807, 2.05) is 0 Å². The van der Waals surface area contributed by atoms with Crippen molar-refractivity contribution in [2.45, 2.75) is 70.0 Å². The number of hydrogen-bond donors (Lipinski definition) is 1. The summed E-state index contributed by atoms with van der Waals surface area (Å²) in [6.07, 6.45) is 8.73. The van der Waals surface area contributed by atoms with E-state index in [-0.39, 0.29) is 6.04 Å². The average molecular weight is 279 g/mol. The van der Waals surface area contributed by atoms with Gasteiger partial charge in [0.25, 0.3) is 0 Å². The number of rotatable bonds is 5. The molecule has 2 atom stereocenters. The molecule has 0 bridgehead atoms. The van der Waals surface area contributed by atoms with Crippen molar-refractivity contribution in [3.63, 3.8) is 0 Å². The van der Waals surface area contributed by atoms with E-state index in [0.717, 1.165) is 25.9 Å². The Morgan fingerprint density at radius 1 is 1.10 bits per heavy atom. The van der Waals surface area contributed by atoms with Crippen molar-refractivity contribution in [1.82, 2.24) is 15.1 Å². The van der Waals surface area contributed by atoms with E-state index in [2.05, 4.69) is 22.0 Å². The molecule has 0 aromatic heterocycles. The molecule has 4 heteroatoms. The maximum Gasteiger partial charge on any atom is 0.239 e. The van der Waals surface area contributed by atoms with Crippen molar-refractivity contribution in [3.05, 3.63) is 0 Å². The molecule has 0 radical (unpaired) electrons. The van der Waals surface area contributed by atoms with Gasteiger partial charge < -0.3 is 15.1 Å². The Kier molecular flexibility index (Phi) is 4.61. The predicted octanol–water partition coefficient (Wildman–Crippen LogP) is 1.60. The van der Waals surface area contributed by atoms with E-state index in [4.69, 9.17) is 0 Å². The zero-order chi connectivity index (χ0) is 13.9. The van der Waals surface area contributed by atoms with Crippen LogP contribution >= 0.6 is 0 Å². The van der Waals surface area contributed by atoms with Crippen LogP contribution in [0.4, 0.5) is 0 Å². The van der Waals surface area contributed by atoms with Crippen molar-refractivity contribution < 1.29 is 4.79 Å². The standard InChI is InChI=1S/C16H29N3O/c1-13(12-18-9-3-2-4-10-18)19-11-5-6-15(16(19)20)17-14-7-8-14/h13-15,17H,2-12H2,1H3. The number of carbonyl (C=O) groups is 1. The van der Waals surface area contributed by atoms with E-state index in [1.165, 1.54) is 45.2 Å². The molecule has 0 spiro atoms. The molecule has 20 heavy (non-hydrogen) atoms. The fourth-order valence-electron chi connectivity index (χ4n) is 3.64. The number of nitrogens with one attached hydrogen (secondary N) is 1. The molecule has 4 nitrogen and oxygen atoms in total. The molecule has 0 aromatic rings. The minimum Gasteiger partial charge on any atom is -0.337 e. The van der Waals surface area contributed by atoms with Gasteiger partial charge in [-0.05, 0) is 58.5 Å². The quantitative estimate of drug-likeness (QED) is 0.830. The second-order valence-corrected chi connectivity index (χ2v) is 6.88. The van der Waals surface area contributed by atoms with Gasteiger partial charge in [0.15, 0.2) is 0 Å². The summed E-state index contributed by atoms with van der Waals surface area (Å²) in [6.45, 7) is 6.68. The summed E-state index contributed by atoms with van der Waals surface area (Å²) in [6, 6.07) is 1.09. The number of hydrogen-bond acceptors (Lipinski definition) is 3. The van der Waals surface area contributed by atoms with Gasteiger partial charge in [0.1, 0.15) is 0 Å². The average Bonchev–Trinajstić information content (AvgIpc) is 3.26. The van der Waals surface area contributed by atoms with Gasteiger partial charge in [-0.3, -0.25) is 4.79 Å². The first-order chi connectivity index (χ1) is 9.74. The van der Waals surface area contributed by atoms with Crippen molar-refractivity contribution >= 4 is 5.91 Å². The van der Waals surface area contributed by atoms with E-state index in [1.54, 1.807) is 0 Å². The molecule has 2 heterocycles. The molecule has 1 saturated carbocycles. The molecule has 3 rings (SSSR count). The van der Waals surface area contributed by atoms with Gasteiger partial charge in [-0.1, -0.05) is 6.42 Å². The molecule has 0 aromatic carbocycles. The highest BCUT2D eigenvalue weighted by molar-refractivity contribution is 5.83. The summed E-state index contributed by atoms with van der Waals surface area (Å²) < 4.78 is 0. The lowest BCUT2D eigenvalue weighted by molar-refractivity contribution is -0.138.